The number of carbonyl (C=O) groups is 1. The topological polar surface area (TPSA) is 43.4 Å². The van der Waals surface area contributed by atoms with Crippen molar-refractivity contribution in [3.8, 4) is 0 Å². The number of hydrogen-bond donors (Lipinski definition) is 0. The van der Waals surface area contributed by atoms with Gasteiger partial charge in [-0.1, -0.05) is 6.07 Å². The minimum Gasteiger partial charge on any atom is -0.545 e. The van der Waals surface area contributed by atoms with E-state index in [0.29, 0.717) is 0 Å². The molecule has 0 atom stereocenters. The third-order valence-corrected chi connectivity index (χ3v) is 3.30. The van der Waals surface area contributed by atoms with Gasteiger partial charge in [0.1, 0.15) is 0 Å². The van der Waals surface area contributed by atoms with Crippen LogP contribution in [0, 0.1) is 0 Å². The third-order valence-electron chi connectivity index (χ3n) is 2.63. The minimum atomic E-state index is -1.12. The number of carboxylic acid groups (broad SMARTS) is 1. The molecule has 80 valence electrons. The number of carbonyl (C=O) groups excluding carboxylic acids is 1. The Labute approximate surface area is 125 Å². The molecule has 0 saturated carbocycles. The summed E-state index contributed by atoms with van der Waals surface area (Å²) in [4.78, 5) is 12.9. The normalized spacial score (nSPS) is 14.7. The smallest absolute Gasteiger partial charge is 0.545 e. The van der Waals surface area contributed by atoms with E-state index >= 15 is 0 Å². The largest absolute Gasteiger partial charge is 1.00 e. The molecule has 1 aliphatic rings. The Kier molecular flexibility index (Phi) is 5.31. The molecule has 1 saturated heterocycles. The van der Waals surface area contributed by atoms with Crippen molar-refractivity contribution in [3.63, 3.8) is 0 Å². The van der Waals surface area contributed by atoms with E-state index in [1.54, 1.807) is 18.2 Å². The maximum absolute atomic E-state index is 10.7. The monoisotopic (exact) mass is 291 g/mol. The van der Waals surface area contributed by atoms with Crippen LogP contribution >= 0.6 is 15.9 Å². The van der Waals surface area contributed by atoms with E-state index < -0.39 is 5.97 Å². The standard InChI is InChI=1S/C11H12BrNO2.Na/c12-9-4-3-8(11(14)15)7-10(9)13-5-1-2-6-13;/h3-4,7H,1-2,5-6H2,(H,14,15);/q;+1/p-1. The first-order valence-corrected chi connectivity index (χ1v) is 5.73. The van der Waals surface area contributed by atoms with E-state index in [9.17, 15) is 9.90 Å². The summed E-state index contributed by atoms with van der Waals surface area (Å²) in [6.07, 6.45) is 2.34. The summed E-state index contributed by atoms with van der Waals surface area (Å²) in [7, 11) is 0. The third kappa shape index (κ3) is 3.00. The molecular formula is C11H11BrNNaO2. The molecule has 0 amide bonds. The summed E-state index contributed by atoms with van der Waals surface area (Å²) in [6, 6.07) is 4.99. The van der Waals surface area contributed by atoms with Crippen molar-refractivity contribution in [3.05, 3.63) is 28.2 Å². The van der Waals surface area contributed by atoms with E-state index in [1.165, 1.54) is 12.8 Å². The van der Waals surface area contributed by atoms with Crippen LogP contribution in [0.5, 0.6) is 0 Å². The second-order valence-corrected chi connectivity index (χ2v) is 4.50. The summed E-state index contributed by atoms with van der Waals surface area (Å²) in [5.74, 6) is -1.12. The summed E-state index contributed by atoms with van der Waals surface area (Å²) < 4.78 is 0.939. The van der Waals surface area contributed by atoms with Crippen LogP contribution in [0.15, 0.2) is 22.7 Å². The molecular weight excluding hydrogens is 281 g/mol. The van der Waals surface area contributed by atoms with Gasteiger partial charge in [0.2, 0.25) is 0 Å². The molecule has 0 unspecified atom stereocenters. The van der Waals surface area contributed by atoms with Crippen molar-refractivity contribution in [2.24, 2.45) is 0 Å². The number of hydrogen-bond acceptors (Lipinski definition) is 3. The van der Waals surface area contributed by atoms with Crippen molar-refractivity contribution in [2.75, 3.05) is 18.0 Å². The van der Waals surface area contributed by atoms with Gasteiger partial charge in [-0.15, -0.1) is 0 Å². The number of aromatic carboxylic acids is 1. The number of nitrogens with zero attached hydrogens (tertiary/aromatic N) is 1. The maximum atomic E-state index is 10.7. The first-order valence-electron chi connectivity index (χ1n) is 4.94. The predicted octanol–water partition coefficient (Wildman–Crippen LogP) is -1.58. The van der Waals surface area contributed by atoms with Gasteiger partial charge in [-0.05, 0) is 46.5 Å². The maximum Gasteiger partial charge on any atom is 1.00 e. The molecule has 0 aliphatic carbocycles. The van der Waals surface area contributed by atoms with Gasteiger partial charge in [-0.25, -0.2) is 0 Å². The predicted molar refractivity (Wildman–Crippen MR) is 59.9 cm³/mol. The SMILES string of the molecule is O=C([O-])c1ccc(Br)c(N2CCCC2)c1.[Na+]. The molecule has 0 radical (unpaired) electrons. The van der Waals surface area contributed by atoms with Crippen LogP contribution in [-0.2, 0) is 0 Å². The molecule has 1 aromatic rings. The summed E-state index contributed by atoms with van der Waals surface area (Å²) in [5, 5.41) is 10.7. The second kappa shape index (κ2) is 6.05. The van der Waals surface area contributed by atoms with Gasteiger partial charge in [0.15, 0.2) is 0 Å². The van der Waals surface area contributed by atoms with Gasteiger partial charge in [-0.3, -0.25) is 0 Å². The van der Waals surface area contributed by atoms with Crippen LogP contribution in [0.1, 0.15) is 23.2 Å². The fourth-order valence-corrected chi connectivity index (χ4v) is 2.34. The fraction of sp³-hybridized carbons (Fsp3) is 0.364. The van der Waals surface area contributed by atoms with E-state index in [0.717, 1.165) is 23.2 Å². The molecule has 0 N–H and O–H groups in total. The van der Waals surface area contributed by atoms with Crippen molar-refractivity contribution in [2.45, 2.75) is 12.8 Å². The Balaban J connectivity index is 0.00000128. The molecule has 1 aromatic carbocycles. The zero-order chi connectivity index (χ0) is 10.8. The van der Waals surface area contributed by atoms with Crippen molar-refractivity contribution in [1.82, 2.24) is 0 Å². The molecule has 16 heavy (non-hydrogen) atoms. The Morgan fingerprint density at radius 1 is 1.31 bits per heavy atom. The average Bonchev–Trinajstić information content (AvgIpc) is 2.71. The Morgan fingerprint density at radius 3 is 2.50 bits per heavy atom. The first-order chi connectivity index (χ1) is 7.18. The zero-order valence-corrected chi connectivity index (χ0v) is 12.8. The number of halogens is 1. The van der Waals surface area contributed by atoms with Crippen LogP contribution in [0.4, 0.5) is 5.69 Å². The quantitative estimate of drug-likeness (QED) is 0.618. The number of carboxylic acids is 1. The number of benzene rings is 1. The van der Waals surface area contributed by atoms with E-state index in [4.69, 9.17) is 0 Å². The molecule has 2 rings (SSSR count). The summed E-state index contributed by atoms with van der Waals surface area (Å²) >= 11 is 3.43. The molecule has 5 heteroatoms. The van der Waals surface area contributed by atoms with Gasteiger partial charge in [0.25, 0.3) is 0 Å². The second-order valence-electron chi connectivity index (χ2n) is 3.65. The molecule has 0 spiro atoms. The van der Waals surface area contributed by atoms with E-state index in [2.05, 4.69) is 20.8 Å². The van der Waals surface area contributed by atoms with E-state index in [1.807, 2.05) is 0 Å². The van der Waals surface area contributed by atoms with E-state index in [-0.39, 0.29) is 35.1 Å². The molecule has 1 heterocycles. The van der Waals surface area contributed by atoms with Crippen molar-refractivity contribution < 1.29 is 39.5 Å². The van der Waals surface area contributed by atoms with Gasteiger partial charge >= 0.3 is 29.6 Å². The average molecular weight is 292 g/mol. The zero-order valence-electron chi connectivity index (χ0n) is 9.20. The Hall–Kier alpha value is -0.0300. The Bertz CT molecular complexity index is 392. The van der Waals surface area contributed by atoms with Crippen LogP contribution in [-0.4, -0.2) is 19.1 Å². The molecule has 0 bridgehead atoms. The fourth-order valence-electron chi connectivity index (χ4n) is 1.84. The Morgan fingerprint density at radius 2 is 1.94 bits per heavy atom. The van der Waals surface area contributed by atoms with Gasteiger partial charge in [0.05, 0.1) is 11.7 Å². The minimum absolute atomic E-state index is 0. The molecule has 1 fully saturated rings. The molecule has 1 aliphatic heterocycles. The van der Waals surface area contributed by atoms with Crippen LogP contribution in [0.2, 0.25) is 0 Å². The van der Waals surface area contributed by atoms with Gasteiger partial charge in [-0.2, -0.15) is 0 Å². The number of rotatable bonds is 2. The van der Waals surface area contributed by atoms with Gasteiger partial charge in [0, 0.05) is 17.6 Å². The van der Waals surface area contributed by atoms with Gasteiger partial charge < -0.3 is 14.8 Å². The molecule has 0 aromatic heterocycles. The molecule has 3 nitrogen and oxygen atoms in total. The van der Waals surface area contributed by atoms with Crippen LogP contribution in [0.3, 0.4) is 0 Å². The summed E-state index contributed by atoms with van der Waals surface area (Å²) in [6.45, 7) is 1.99. The number of anilines is 1. The van der Waals surface area contributed by atoms with Crippen LogP contribution in [0.25, 0.3) is 0 Å². The summed E-state index contributed by atoms with van der Waals surface area (Å²) in [5.41, 5.74) is 1.19. The first kappa shape index (κ1) is 14.0. The van der Waals surface area contributed by atoms with Crippen molar-refractivity contribution in [1.29, 1.82) is 0 Å². The van der Waals surface area contributed by atoms with Crippen LogP contribution < -0.4 is 39.6 Å². The van der Waals surface area contributed by atoms with Crippen molar-refractivity contribution >= 4 is 27.6 Å².